The topological polar surface area (TPSA) is 81.8 Å². The summed E-state index contributed by atoms with van der Waals surface area (Å²) in [5, 5.41) is 5.92. The largest absolute Gasteiger partial charge is 0.371 e. The summed E-state index contributed by atoms with van der Waals surface area (Å²) >= 11 is 0. The summed E-state index contributed by atoms with van der Waals surface area (Å²) in [5.41, 5.74) is 3.22. The van der Waals surface area contributed by atoms with Crippen molar-refractivity contribution >= 4 is 29.1 Å². The number of carbonyl (C=O) groups is 3. The summed E-state index contributed by atoms with van der Waals surface area (Å²) in [6.07, 6.45) is 7.32. The van der Waals surface area contributed by atoms with Gasteiger partial charge in [0.15, 0.2) is 0 Å². The minimum Gasteiger partial charge on any atom is -0.371 e. The fourth-order valence-corrected chi connectivity index (χ4v) is 6.44. The molecule has 1 saturated carbocycles. The first kappa shape index (κ1) is 19.3. The number of carbonyl (C=O) groups excluding carboxylic acids is 3. The summed E-state index contributed by atoms with van der Waals surface area (Å²) in [6, 6.07) is 5.60. The van der Waals surface area contributed by atoms with Crippen LogP contribution in [0, 0.1) is 5.41 Å². The maximum atomic E-state index is 13.6. The lowest BCUT2D eigenvalue weighted by molar-refractivity contribution is -0.135. The molecule has 2 spiro atoms. The van der Waals surface area contributed by atoms with Crippen LogP contribution in [0.1, 0.15) is 56.9 Å². The monoisotopic (exact) mass is 422 g/mol. The Bertz CT molecular complexity index is 954. The molecule has 0 unspecified atom stereocenters. The van der Waals surface area contributed by atoms with Crippen LogP contribution >= 0.6 is 0 Å². The molecule has 6 rings (SSSR count). The number of hydrogen-bond donors (Lipinski definition) is 2. The summed E-state index contributed by atoms with van der Waals surface area (Å²) in [6.45, 7) is 4.30. The van der Waals surface area contributed by atoms with E-state index in [0.29, 0.717) is 11.8 Å². The molecule has 4 heterocycles. The van der Waals surface area contributed by atoms with E-state index in [1.165, 1.54) is 31.4 Å². The number of piperidine rings is 3. The van der Waals surface area contributed by atoms with Gasteiger partial charge < -0.3 is 10.2 Å². The molecule has 5 aliphatic rings. The van der Waals surface area contributed by atoms with E-state index in [1.807, 2.05) is 12.1 Å². The number of anilines is 2. The fourth-order valence-electron chi connectivity index (χ4n) is 6.44. The Morgan fingerprint density at radius 2 is 1.61 bits per heavy atom. The van der Waals surface area contributed by atoms with Crippen molar-refractivity contribution in [3.8, 4) is 0 Å². The third kappa shape index (κ3) is 2.85. The van der Waals surface area contributed by atoms with Crippen LogP contribution in [0.5, 0.6) is 0 Å². The van der Waals surface area contributed by atoms with Crippen LogP contribution in [-0.2, 0) is 19.8 Å². The van der Waals surface area contributed by atoms with Crippen molar-refractivity contribution in [2.45, 2.75) is 62.8 Å². The third-order valence-corrected chi connectivity index (χ3v) is 8.49. The second-order valence-electron chi connectivity index (χ2n) is 10.1. The van der Waals surface area contributed by atoms with Gasteiger partial charge >= 0.3 is 0 Å². The molecule has 1 atom stereocenters. The van der Waals surface area contributed by atoms with E-state index in [-0.39, 0.29) is 24.1 Å². The molecule has 4 aliphatic heterocycles. The van der Waals surface area contributed by atoms with Crippen LogP contribution in [0.2, 0.25) is 0 Å². The molecule has 7 nitrogen and oxygen atoms in total. The molecule has 0 radical (unpaired) electrons. The first-order valence-corrected chi connectivity index (χ1v) is 11.8. The predicted octanol–water partition coefficient (Wildman–Crippen LogP) is 1.84. The van der Waals surface area contributed by atoms with Crippen LogP contribution in [0.4, 0.5) is 11.4 Å². The highest BCUT2D eigenvalue weighted by Gasteiger charge is 2.62. The molecule has 3 amide bonds. The Kier molecular flexibility index (Phi) is 4.23. The quantitative estimate of drug-likeness (QED) is 0.711. The normalized spacial score (nSPS) is 28.8. The van der Waals surface area contributed by atoms with Gasteiger partial charge in [-0.3, -0.25) is 24.6 Å². The number of nitrogens with one attached hydrogen (secondary N) is 2. The lowest BCUT2D eigenvalue weighted by atomic mass is 9.71. The molecule has 7 heteroatoms. The molecular weight excluding hydrogens is 392 g/mol. The molecule has 0 bridgehead atoms. The molecule has 1 aromatic rings. The van der Waals surface area contributed by atoms with E-state index < -0.39 is 11.5 Å². The summed E-state index contributed by atoms with van der Waals surface area (Å²) < 4.78 is 0. The van der Waals surface area contributed by atoms with Gasteiger partial charge in [0.05, 0.1) is 11.1 Å². The van der Waals surface area contributed by atoms with Crippen molar-refractivity contribution in [1.29, 1.82) is 0 Å². The molecule has 3 saturated heterocycles. The average molecular weight is 423 g/mol. The zero-order valence-corrected chi connectivity index (χ0v) is 17.9. The van der Waals surface area contributed by atoms with Crippen LogP contribution < -0.4 is 20.4 Å². The number of benzene rings is 1. The minimum absolute atomic E-state index is 0.0521. The molecular formula is C24H30N4O3. The lowest BCUT2D eigenvalue weighted by Crippen LogP contribution is -2.54. The Morgan fingerprint density at radius 1 is 0.903 bits per heavy atom. The second-order valence-corrected chi connectivity index (χ2v) is 10.1. The Balaban J connectivity index is 1.32. The first-order chi connectivity index (χ1) is 15.0. The van der Waals surface area contributed by atoms with Gasteiger partial charge in [-0.25, -0.2) is 0 Å². The standard InChI is InChI=1S/C24H30N4O3/c29-19-5-4-18(21(30)26-19)28-17-3-1-2-16(20(17)24(6-7-24)22(28)31)27-14-10-23(11-15-27)8-12-25-13-9-23/h1-3,18,25H,4-15H2,(H,26,29,30)/t18-/m1/s1. The van der Waals surface area contributed by atoms with Crippen molar-refractivity contribution in [2.75, 3.05) is 36.0 Å². The van der Waals surface area contributed by atoms with Gasteiger partial charge in [-0.1, -0.05) is 6.07 Å². The molecule has 1 aromatic carbocycles. The van der Waals surface area contributed by atoms with Crippen molar-refractivity contribution in [3.05, 3.63) is 23.8 Å². The zero-order chi connectivity index (χ0) is 21.2. The van der Waals surface area contributed by atoms with Gasteiger partial charge in [0, 0.05) is 30.8 Å². The van der Waals surface area contributed by atoms with Gasteiger partial charge in [0.2, 0.25) is 17.7 Å². The number of hydrogen-bond acceptors (Lipinski definition) is 5. The molecule has 1 aliphatic carbocycles. The zero-order valence-electron chi connectivity index (χ0n) is 17.9. The van der Waals surface area contributed by atoms with Crippen LogP contribution in [0.25, 0.3) is 0 Å². The highest BCUT2D eigenvalue weighted by molar-refractivity contribution is 6.16. The van der Waals surface area contributed by atoms with Crippen LogP contribution in [-0.4, -0.2) is 49.9 Å². The predicted molar refractivity (Wildman–Crippen MR) is 117 cm³/mol. The maximum absolute atomic E-state index is 13.6. The smallest absolute Gasteiger partial charge is 0.249 e. The van der Waals surface area contributed by atoms with Crippen LogP contribution in [0.15, 0.2) is 18.2 Å². The summed E-state index contributed by atoms with van der Waals surface area (Å²) in [4.78, 5) is 42.0. The number of fused-ring (bicyclic) bond motifs is 2. The maximum Gasteiger partial charge on any atom is 0.249 e. The molecule has 31 heavy (non-hydrogen) atoms. The van der Waals surface area contributed by atoms with E-state index in [2.05, 4.69) is 21.6 Å². The lowest BCUT2D eigenvalue weighted by Gasteiger charge is -2.45. The number of rotatable bonds is 2. The minimum atomic E-state index is -0.585. The Hall–Kier alpha value is -2.41. The summed E-state index contributed by atoms with van der Waals surface area (Å²) in [7, 11) is 0. The van der Waals surface area contributed by atoms with Gasteiger partial charge in [0.1, 0.15) is 6.04 Å². The molecule has 4 fully saturated rings. The molecule has 2 N–H and O–H groups in total. The van der Waals surface area contributed by atoms with E-state index in [1.54, 1.807) is 4.90 Å². The van der Waals surface area contributed by atoms with E-state index in [4.69, 9.17) is 0 Å². The van der Waals surface area contributed by atoms with E-state index in [0.717, 1.165) is 50.3 Å². The van der Waals surface area contributed by atoms with Gasteiger partial charge in [-0.2, -0.15) is 0 Å². The van der Waals surface area contributed by atoms with Crippen molar-refractivity contribution < 1.29 is 14.4 Å². The van der Waals surface area contributed by atoms with E-state index in [9.17, 15) is 14.4 Å². The van der Waals surface area contributed by atoms with Gasteiger partial charge in [-0.15, -0.1) is 0 Å². The van der Waals surface area contributed by atoms with Crippen molar-refractivity contribution in [1.82, 2.24) is 10.6 Å². The SMILES string of the molecule is O=C1CC[C@@H](N2C(=O)C3(CC3)c3c(N4CCC5(CCNCC5)CC4)cccc32)C(=O)N1. The van der Waals surface area contributed by atoms with Crippen LogP contribution in [0.3, 0.4) is 0 Å². The van der Waals surface area contributed by atoms with E-state index >= 15 is 0 Å². The molecule has 164 valence electrons. The molecule has 0 aromatic heterocycles. The third-order valence-electron chi connectivity index (χ3n) is 8.49. The number of amides is 3. The number of nitrogens with zero attached hydrogens (tertiary/aromatic N) is 2. The highest BCUT2D eigenvalue weighted by atomic mass is 16.2. The van der Waals surface area contributed by atoms with Gasteiger partial charge in [-0.05, 0) is 75.6 Å². The Labute approximate surface area is 182 Å². The van der Waals surface area contributed by atoms with Gasteiger partial charge in [0.25, 0.3) is 0 Å². The Morgan fingerprint density at radius 3 is 2.29 bits per heavy atom. The van der Waals surface area contributed by atoms with Crippen molar-refractivity contribution in [3.63, 3.8) is 0 Å². The fraction of sp³-hybridized carbons (Fsp3) is 0.625. The number of imide groups is 1. The second kappa shape index (κ2) is 6.79. The van der Waals surface area contributed by atoms with Crippen molar-refractivity contribution in [2.24, 2.45) is 5.41 Å². The average Bonchev–Trinajstić information content (AvgIpc) is 3.54. The highest BCUT2D eigenvalue weighted by Crippen LogP contribution is 2.61. The first-order valence-electron chi connectivity index (χ1n) is 11.8. The summed E-state index contributed by atoms with van der Waals surface area (Å²) in [5.74, 6) is -0.538.